The molecular formula is C25H35N3O3S. The molecule has 0 radical (unpaired) electrons. The molecule has 0 aliphatic heterocycles. The number of likely N-dealkylation sites (N-methyl/N-ethyl adjacent to an activating group) is 1. The molecule has 2 N–H and O–H groups in total. The van der Waals surface area contributed by atoms with Gasteiger partial charge in [-0.2, -0.15) is 0 Å². The number of nitrogens with zero attached hydrogens (tertiary/aromatic N) is 1. The number of anilines is 1. The fourth-order valence-corrected chi connectivity index (χ4v) is 5.35. The molecule has 1 aromatic carbocycles. The van der Waals surface area contributed by atoms with Crippen molar-refractivity contribution in [3.63, 3.8) is 0 Å². The molecule has 0 bridgehead atoms. The average Bonchev–Trinajstić information content (AvgIpc) is 3.17. The van der Waals surface area contributed by atoms with Gasteiger partial charge < -0.3 is 20.3 Å². The lowest BCUT2D eigenvalue weighted by Gasteiger charge is -2.18. The maximum absolute atomic E-state index is 13.0. The monoisotopic (exact) mass is 457 g/mol. The number of amides is 1. The van der Waals surface area contributed by atoms with E-state index in [-0.39, 0.29) is 11.9 Å². The second-order valence-electron chi connectivity index (χ2n) is 7.99. The zero-order valence-corrected chi connectivity index (χ0v) is 20.3. The van der Waals surface area contributed by atoms with Gasteiger partial charge in [0.2, 0.25) is 0 Å². The normalized spacial score (nSPS) is 13.1. The van der Waals surface area contributed by atoms with Gasteiger partial charge in [-0.05, 0) is 69.0 Å². The highest BCUT2D eigenvalue weighted by molar-refractivity contribution is 7.17. The molecule has 2 aromatic rings. The molecule has 32 heavy (non-hydrogen) atoms. The summed E-state index contributed by atoms with van der Waals surface area (Å²) in [7, 11) is 0. The Labute approximate surface area is 195 Å². The van der Waals surface area contributed by atoms with Crippen LogP contribution in [-0.4, -0.2) is 49.6 Å². The summed E-state index contributed by atoms with van der Waals surface area (Å²) < 4.78 is 5.29. The number of thiophene rings is 1. The van der Waals surface area contributed by atoms with Crippen LogP contribution in [0.3, 0.4) is 0 Å². The molecule has 0 saturated heterocycles. The third kappa shape index (κ3) is 6.18. The number of aryl methyl sites for hydroxylation is 1. The van der Waals surface area contributed by atoms with Crippen molar-refractivity contribution in [2.45, 2.75) is 53.0 Å². The van der Waals surface area contributed by atoms with Crippen molar-refractivity contribution in [1.29, 1.82) is 0 Å². The van der Waals surface area contributed by atoms with Crippen LogP contribution in [0.25, 0.3) is 0 Å². The van der Waals surface area contributed by atoms with Crippen molar-refractivity contribution >= 4 is 28.2 Å². The van der Waals surface area contributed by atoms with Crippen molar-refractivity contribution < 1.29 is 14.3 Å². The number of hydrogen-bond donors (Lipinski definition) is 2. The van der Waals surface area contributed by atoms with E-state index < -0.39 is 0 Å². The molecule has 1 aliphatic carbocycles. The summed E-state index contributed by atoms with van der Waals surface area (Å²) in [5.74, 6) is -0.535. The van der Waals surface area contributed by atoms with Crippen molar-refractivity contribution in [1.82, 2.24) is 10.2 Å². The van der Waals surface area contributed by atoms with E-state index in [0.717, 1.165) is 63.0 Å². The van der Waals surface area contributed by atoms with Gasteiger partial charge in [-0.25, -0.2) is 4.79 Å². The maximum Gasteiger partial charge on any atom is 0.341 e. The smallest absolute Gasteiger partial charge is 0.341 e. The van der Waals surface area contributed by atoms with E-state index in [1.54, 1.807) is 6.92 Å². The maximum atomic E-state index is 13.0. The SMILES string of the molecule is CCOC(=O)c1c(NC(=O)c2cccc(CNCCN(CC)CC)c2)sc2c1CCCC2. The number of ether oxygens (including phenoxy) is 1. The summed E-state index contributed by atoms with van der Waals surface area (Å²) in [5.41, 5.74) is 3.26. The van der Waals surface area contributed by atoms with Gasteiger partial charge in [0.1, 0.15) is 5.00 Å². The number of rotatable bonds is 11. The lowest BCUT2D eigenvalue weighted by atomic mass is 9.95. The van der Waals surface area contributed by atoms with E-state index in [9.17, 15) is 9.59 Å². The van der Waals surface area contributed by atoms with Gasteiger partial charge in [-0.1, -0.05) is 26.0 Å². The minimum absolute atomic E-state index is 0.195. The molecule has 1 amide bonds. The van der Waals surface area contributed by atoms with Crippen LogP contribution in [0.5, 0.6) is 0 Å². The van der Waals surface area contributed by atoms with Gasteiger partial charge in [-0.15, -0.1) is 11.3 Å². The molecule has 0 atom stereocenters. The van der Waals surface area contributed by atoms with E-state index in [4.69, 9.17) is 4.74 Å². The van der Waals surface area contributed by atoms with Gasteiger partial charge in [0.15, 0.2) is 0 Å². The minimum Gasteiger partial charge on any atom is -0.462 e. The molecule has 174 valence electrons. The lowest BCUT2D eigenvalue weighted by Crippen LogP contribution is -2.31. The third-order valence-corrected chi connectivity index (χ3v) is 7.10. The van der Waals surface area contributed by atoms with Crippen molar-refractivity contribution in [2.75, 3.05) is 38.1 Å². The van der Waals surface area contributed by atoms with E-state index in [2.05, 4.69) is 29.4 Å². The molecule has 1 aromatic heterocycles. The summed E-state index contributed by atoms with van der Waals surface area (Å²) in [4.78, 5) is 29.2. The Hall–Kier alpha value is -2.22. The van der Waals surface area contributed by atoms with Gasteiger partial charge in [0.05, 0.1) is 12.2 Å². The summed E-state index contributed by atoms with van der Waals surface area (Å²) in [6.45, 7) is 11.2. The Morgan fingerprint density at radius 3 is 2.66 bits per heavy atom. The predicted molar refractivity (Wildman–Crippen MR) is 131 cm³/mol. The van der Waals surface area contributed by atoms with Crippen LogP contribution in [0.2, 0.25) is 0 Å². The Bertz CT molecular complexity index is 921. The molecule has 0 unspecified atom stereocenters. The van der Waals surface area contributed by atoms with Crippen molar-refractivity contribution in [2.24, 2.45) is 0 Å². The van der Waals surface area contributed by atoms with E-state index in [1.165, 1.54) is 16.2 Å². The standard InChI is InChI=1S/C25H35N3O3S/c1-4-28(5-2)15-14-26-17-18-10-9-11-19(16-18)23(29)27-24-22(25(30)31-6-3)20-12-7-8-13-21(20)32-24/h9-11,16,26H,4-8,12-15,17H2,1-3H3,(H,27,29). The Morgan fingerprint density at radius 1 is 1.12 bits per heavy atom. The topological polar surface area (TPSA) is 70.7 Å². The first kappa shape index (κ1) is 24.4. The van der Waals surface area contributed by atoms with Gasteiger partial charge >= 0.3 is 5.97 Å². The highest BCUT2D eigenvalue weighted by atomic mass is 32.1. The van der Waals surface area contributed by atoms with Crippen LogP contribution >= 0.6 is 11.3 Å². The summed E-state index contributed by atoms with van der Waals surface area (Å²) in [5, 5.41) is 7.07. The molecule has 0 spiro atoms. The average molecular weight is 458 g/mol. The van der Waals surface area contributed by atoms with Gasteiger partial charge in [0.25, 0.3) is 5.91 Å². The van der Waals surface area contributed by atoms with Crippen LogP contribution in [0.4, 0.5) is 5.00 Å². The fourth-order valence-electron chi connectivity index (χ4n) is 4.08. The highest BCUT2D eigenvalue weighted by Gasteiger charge is 2.27. The number of esters is 1. The first-order chi connectivity index (χ1) is 15.6. The number of carbonyl (C=O) groups excluding carboxylic acids is 2. The minimum atomic E-state index is -0.339. The molecule has 1 aliphatic rings. The molecule has 7 heteroatoms. The van der Waals surface area contributed by atoms with Crippen LogP contribution in [-0.2, 0) is 24.1 Å². The molecule has 3 rings (SSSR count). The number of benzene rings is 1. The number of carbonyl (C=O) groups is 2. The Balaban J connectivity index is 1.68. The zero-order chi connectivity index (χ0) is 22.9. The molecular weight excluding hydrogens is 422 g/mol. The van der Waals surface area contributed by atoms with E-state index >= 15 is 0 Å². The first-order valence-corrected chi connectivity index (χ1v) is 12.5. The van der Waals surface area contributed by atoms with Crippen LogP contribution in [0, 0.1) is 0 Å². The zero-order valence-electron chi connectivity index (χ0n) is 19.5. The summed E-state index contributed by atoms with van der Waals surface area (Å²) >= 11 is 1.52. The van der Waals surface area contributed by atoms with Gasteiger partial charge in [-0.3, -0.25) is 4.79 Å². The molecule has 0 saturated carbocycles. The predicted octanol–water partition coefficient (Wildman–Crippen LogP) is 4.49. The third-order valence-electron chi connectivity index (χ3n) is 5.90. The highest BCUT2D eigenvalue weighted by Crippen LogP contribution is 2.38. The number of fused-ring (bicyclic) bond motifs is 1. The second-order valence-corrected chi connectivity index (χ2v) is 9.10. The molecule has 6 nitrogen and oxygen atoms in total. The number of hydrogen-bond acceptors (Lipinski definition) is 6. The van der Waals surface area contributed by atoms with Crippen LogP contribution in [0.1, 0.15) is 70.3 Å². The van der Waals surface area contributed by atoms with Crippen molar-refractivity contribution in [3.05, 3.63) is 51.4 Å². The quantitative estimate of drug-likeness (QED) is 0.384. The second kappa shape index (κ2) is 12.1. The molecule has 1 heterocycles. The molecule has 0 fully saturated rings. The fraction of sp³-hybridized carbons (Fsp3) is 0.520. The van der Waals surface area contributed by atoms with E-state index in [1.807, 2.05) is 24.3 Å². The van der Waals surface area contributed by atoms with Crippen molar-refractivity contribution in [3.8, 4) is 0 Å². The first-order valence-electron chi connectivity index (χ1n) is 11.7. The Kier molecular flexibility index (Phi) is 9.26. The lowest BCUT2D eigenvalue weighted by molar-refractivity contribution is 0.0526. The number of nitrogens with one attached hydrogen (secondary N) is 2. The summed E-state index contributed by atoms with van der Waals surface area (Å²) in [6, 6.07) is 7.65. The van der Waals surface area contributed by atoms with Crippen LogP contribution < -0.4 is 10.6 Å². The Morgan fingerprint density at radius 2 is 1.91 bits per heavy atom. The van der Waals surface area contributed by atoms with E-state index in [0.29, 0.717) is 29.3 Å². The van der Waals surface area contributed by atoms with Gasteiger partial charge in [0, 0.05) is 30.1 Å². The largest absolute Gasteiger partial charge is 0.462 e. The van der Waals surface area contributed by atoms with Crippen LogP contribution in [0.15, 0.2) is 24.3 Å². The summed E-state index contributed by atoms with van der Waals surface area (Å²) in [6.07, 6.45) is 4.00.